The third kappa shape index (κ3) is 4.64. The van der Waals surface area contributed by atoms with Crippen LogP contribution in [0.25, 0.3) is 5.82 Å². The van der Waals surface area contributed by atoms with Crippen LogP contribution >= 0.6 is 0 Å². The molecule has 0 unspecified atom stereocenters. The second-order valence-corrected chi connectivity index (χ2v) is 7.94. The number of anilines is 2. The number of carbonyl (C=O) groups is 1. The van der Waals surface area contributed by atoms with E-state index in [0.717, 1.165) is 23.3 Å². The summed E-state index contributed by atoms with van der Waals surface area (Å²) in [6.45, 7) is 5.16. The van der Waals surface area contributed by atoms with E-state index < -0.39 is 4.92 Å². The van der Waals surface area contributed by atoms with Gasteiger partial charge in [-0.15, -0.1) is 10.2 Å². The molecule has 3 aromatic rings. The van der Waals surface area contributed by atoms with Gasteiger partial charge in [0.05, 0.1) is 21.9 Å². The molecule has 168 valence electrons. The first-order chi connectivity index (χ1) is 15.9. The lowest BCUT2D eigenvalue weighted by Crippen LogP contribution is -2.38. The van der Waals surface area contributed by atoms with E-state index in [0.29, 0.717) is 31.7 Å². The highest BCUT2D eigenvalue weighted by molar-refractivity contribution is 5.94. The minimum absolute atomic E-state index is 0.0629. The Morgan fingerprint density at radius 2 is 1.85 bits per heavy atom. The molecule has 11 nitrogen and oxygen atoms in total. The van der Waals surface area contributed by atoms with Crippen molar-refractivity contribution in [3.8, 4) is 11.9 Å². The summed E-state index contributed by atoms with van der Waals surface area (Å²) >= 11 is 0. The maximum Gasteiger partial charge on any atom is 0.270 e. The van der Waals surface area contributed by atoms with Crippen molar-refractivity contribution < 1.29 is 9.72 Å². The van der Waals surface area contributed by atoms with Crippen LogP contribution in [0.5, 0.6) is 0 Å². The van der Waals surface area contributed by atoms with Gasteiger partial charge in [-0.25, -0.2) is 4.68 Å². The predicted molar refractivity (Wildman–Crippen MR) is 120 cm³/mol. The first-order valence-electron chi connectivity index (χ1n) is 10.5. The van der Waals surface area contributed by atoms with E-state index in [1.54, 1.807) is 4.68 Å². The highest BCUT2D eigenvalue weighted by atomic mass is 16.6. The Balaban J connectivity index is 1.37. The number of piperidine rings is 1. The molecule has 4 rings (SSSR count). The molecule has 0 atom stereocenters. The minimum atomic E-state index is -0.575. The SMILES string of the molecule is Cc1cc(C)n(-c2ccc(N3CCC(C(=O)Nc4ccc([N+](=O)[O-])cc4C#N)CC3)nn2)n1. The molecular weight excluding hydrogens is 424 g/mol. The summed E-state index contributed by atoms with van der Waals surface area (Å²) in [5.74, 6) is 0.951. The Labute approximate surface area is 189 Å². The number of hydrogen-bond donors (Lipinski definition) is 1. The van der Waals surface area contributed by atoms with Gasteiger partial charge in [0.1, 0.15) is 6.07 Å². The van der Waals surface area contributed by atoms with Crippen LogP contribution in [0.1, 0.15) is 29.8 Å². The number of aryl methyl sites for hydroxylation is 2. The molecule has 33 heavy (non-hydrogen) atoms. The van der Waals surface area contributed by atoms with Gasteiger partial charge in [0.15, 0.2) is 11.6 Å². The van der Waals surface area contributed by atoms with Crippen molar-refractivity contribution in [2.24, 2.45) is 5.92 Å². The standard InChI is InChI=1S/C22H22N8O3/c1-14-11-15(2)29(27-14)21-6-5-20(25-26-21)28-9-7-16(8-10-28)22(31)24-19-4-3-18(30(32)33)12-17(19)13-23/h3-6,11-12,16H,7-10H2,1-2H3,(H,24,31). The van der Waals surface area contributed by atoms with Crippen molar-refractivity contribution in [2.75, 3.05) is 23.3 Å². The van der Waals surface area contributed by atoms with Gasteiger partial charge in [-0.2, -0.15) is 10.4 Å². The Kier molecular flexibility index (Phi) is 5.99. The number of nitrogens with one attached hydrogen (secondary N) is 1. The summed E-state index contributed by atoms with van der Waals surface area (Å²) in [5.41, 5.74) is 2.04. The number of carbonyl (C=O) groups excluding carboxylic acids is 1. The second kappa shape index (κ2) is 9.04. The number of rotatable bonds is 5. The van der Waals surface area contributed by atoms with Gasteiger partial charge in [0, 0.05) is 36.8 Å². The van der Waals surface area contributed by atoms with Crippen LogP contribution in [-0.4, -0.2) is 43.9 Å². The lowest BCUT2D eigenvalue weighted by molar-refractivity contribution is -0.384. The van der Waals surface area contributed by atoms with Crippen molar-refractivity contribution in [3.05, 3.63) is 63.5 Å². The van der Waals surface area contributed by atoms with Crippen LogP contribution in [-0.2, 0) is 4.79 Å². The molecule has 0 saturated carbocycles. The number of aromatic nitrogens is 4. The highest BCUT2D eigenvalue weighted by Gasteiger charge is 2.26. The fraction of sp³-hybridized carbons (Fsp3) is 0.318. The van der Waals surface area contributed by atoms with Crippen LogP contribution in [0, 0.1) is 41.2 Å². The zero-order chi connectivity index (χ0) is 23.5. The summed E-state index contributed by atoms with van der Waals surface area (Å²) in [7, 11) is 0. The number of benzene rings is 1. The smallest absolute Gasteiger partial charge is 0.270 e. The lowest BCUT2D eigenvalue weighted by atomic mass is 9.95. The number of nitro benzene ring substituents is 1. The molecule has 1 aliphatic heterocycles. The van der Waals surface area contributed by atoms with Crippen LogP contribution < -0.4 is 10.2 Å². The highest BCUT2D eigenvalue weighted by Crippen LogP contribution is 2.26. The van der Waals surface area contributed by atoms with Crippen molar-refractivity contribution in [1.82, 2.24) is 20.0 Å². The van der Waals surface area contributed by atoms with Crippen LogP contribution in [0.2, 0.25) is 0 Å². The summed E-state index contributed by atoms with van der Waals surface area (Å²) in [4.78, 5) is 25.1. The molecule has 1 aliphatic rings. The van der Waals surface area contributed by atoms with Gasteiger partial charge in [0.2, 0.25) is 5.91 Å². The number of nitrogens with zero attached hydrogens (tertiary/aromatic N) is 7. The average molecular weight is 446 g/mol. The first kappa shape index (κ1) is 21.9. The molecule has 1 amide bonds. The molecule has 0 radical (unpaired) electrons. The number of amides is 1. The summed E-state index contributed by atoms with van der Waals surface area (Å²) in [6, 6.07) is 11.5. The molecule has 0 bridgehead atoms. The maximum atomic E-state index is 12.7. The zero-order valence-corrected chi connectivity index (χ0v) is 18.2. The molecule has 1 N–H and O–H groups in total. The van der Waals surface area contributed by atoms with E-state index in [1.165, 1.54) is 12.1 Å². The Bertz CT molecular complexity index is 1240. The lowest BCUT2D eigenvalue weighted by Gasteiger charge is -2.31. The van der Waals surface area contributed by atoms with Crippen LogP contribution in [0.3, 0.4) is 0 Å². The van der Waals surface area contributed by atoms with E-state index >= 15 is 0 Å². The normalized spacial score (nSPS) is 14.0. The minimum Gasteiger partial charge on any atom is -0.355 e. The van der Waals surface area contributed by atoms with Gasteiger partial charge in [-0.05, 0) is 51.0 Å². The fourth-order valence-corrected chi connectivity index (χ4v) is 3.91. The molecule has 1 saturated heterocycles. The fourth-order valence-electron chi connectivity index (χ4n) is 3.91. The third-order valence-corrected chi connectivity index (χ3v) is 5.65. The van der Waals surface area contributed by atoms with E-state index in [-0.39, 0.29) is 28.8 Å². The van der Waals surface area contributed by atoms with Crippen molar-refractivity contribution in [2.45, 2.75) is 26.7 Å². The Morgan fingerprint density at radius 1 is 1.15 bits per heavy atom. The van der Waals surface area contributed by atoms with E-state index in [1.807, 2.05) is 38.1 Å². The van der Waals surface area contributed by atoms with Gasteiger partial charge in [-0.1, -0.05) is 0 Å². The summed E-state index contributed by atoms with van der Waals surface area (Å²) in [5, 5.41) is 36.0. The van der Waals surface area contributed by atoms with Gasteiger partial charge in [0.25, 0.3) is 5.69 Å². The first-order valence-corrected chi connectivity index (χ1v) is 10.5. The van der Waals surface area contributed by atoms with Crippen molar-refractivity contribution in [1.29, 1.82) is 5.26 Å². The number of nitriles is 1. The number of nitro groups is 1. The number of non-ortho nitro benzene ring substituents is 1. The largest absolute Gasteiger partial charge is 0.355 e. The third-order valence-electron chi connectivity index (χ3n) is 5.65. The predicted octanol–water partition coefficient (Wildman–Crippen LogP) is 2.91. The molecule has 0 aliphatic carbocycles. The molecule has 1 fully saturated rings. The summed E-state index contributed by atoms with van der Waals surface area (Å²) in [6.07, 6.45) is 1.23. The molecular formula is C22H22N8O3. The van der Waals surface area contributed by atoms with Crippen molar-refractivity contribution in [3.63, 3.8) is 0 Å². The molecule has 11 heteroatoms. The quantitative estimate of drug-likeness (QED) is 0.465. The van der Waals surface area contributed by atoms with Crippen molar-refractivity contribution >= 4 is 23.1 Å². The summed E-state index contributed by atoms with van der Waals surface area (Å²) < 4.78 is 1.75. The molecule has 2 aromatic heterocycles. The van der Waals surface area contributed by atoms with Gasteiger partial charge < -0.3 is 10.2 Å². The molecule has 3 heterocycles. The topological polar surface area (TPSA) is 143 Å². The van der Waals surface area contributed by atoms with Crippen LogP contribution in [0.15, 0.2) is 36.4 Å². The van der Waals surface area contributed by atoms with E-state index in [4.69, 9.17) is 0 Å². The van der Waals surface area contributed by atoms with Gasteiger partial charge in [-0.3, -0.25) is 14.9 Å². The van der Waals surface area contributed by atoms with Gasteiger partial charge >= 0.3 is 0 Å². The van der Waals surface area contributed by atoms with Crippen LogP contribution in [0.4, 0.5) is 17.2 Å². The zero-order valence-electron chi connectivity index (χ0n) is 18.2. The Hall–Kier alpha value is -4.33. The Morgan fingerprint density at radius 3 is 2.42 bits per heavy atom. The maximum absolute atomic E-state index is 12.7. The van der Waals surface area contributed by atoms with E-state index in [9.17, 15) is 20.2 Å². The number of hydrogen-bond acceptors (Lipinski definition) is 8. The monoisotopic (exact) mass is 446 g/mol. The molecule has 0 spiro atoms. The second-order valence-electron chi connectivity index (χ2n) is 7.94. The van der Waals surface area contributed by atoms with E-state index in [2.05, 4.69) is 25.5 Å². The average Bonchev–Trinajstić information content (AvgIpc) is 3.17. The molecule has 1 aromatic carbocycles.